The highest BCUT2D eigenvalue weighted by atomic mass is 16.7. The Kier molecular flexibility index (Phi) is 4.29. The van der Waals surface area contributed by atoms with Crippen LogP contribution >= 0.6 is 0 Å². The summed E-state index contributed by atoms with van der Waals surface area (Å²) in [5.74, 6) is -0.0669. The van der Waals surface area contributed by atoms with Crippen molar-refractivity contribution in [3.63, 3.8) is 0 Å². The summed E-state index contributed by atoms with van der Waals surface area (Å²) in [5.41, 5.74) is 2.00. The van der Waals surface area contributed by atoms with E-state index in [1.165, 1.54) is 14.2 Å². The van der Waals surface area contributed by atoms with Crippen molar-refractivity contribution in [3.05, 3.63) is 17.7 Å². The third kappa shape index (κ3) is 2.87. The van der Waals surface area contributed by atoms with Gasteiger partial charge in [0.15, 0.2) is 6.29 Å². The molecule has 0 aromatic carbocycles. The maximum absolute atomic E-state index is 11.9. The second-order valence-electron chi connectivity index (χ2n) is 4.11. The zero-order valence-electron chi connectivity index (χ0n) is 10.5. The van der Waals surface area contributed by atoms with Crippen molar-refractivity contribution in [1.82, 2.24) is 20.6 Å². The Morgan fingerprint density at radius 3 is 3.11 bits per heavy atom. The zero-order valence-corrected chi connectivity index (χ0v) is 10.5. The van der Waals surface area contributed by atoms with Gasteiger partial charge in [-0.25, -0.2) is 4.98 Å². The van der Waals surface area contributed by atoms with E-state index in [0.29, 0.717) is 19.5 Å². The summed E-state index contributed by atoms with van der Waals surface area (Å²) in [6, 6.07) is -0.254. The quantitative estimate of drug-likeness (QED) is 0.596. The Morgan fingerprint density at radius 2 is 2.39 bits per heavy atom. The summed E-state index contributed by atoms with van der Waals surface area (Å²) >= 11 is 0. The SMILES string of the molecule is COC(CNC(=O)C1Cc2nc[nH]c2CN1)OC. The van der Waals surface area contributed by atoms with Gasteiger partial charge >= 0.3 is 0 Å². The number of imidazole rings is 1. The zero-order chi connectivity index (χ0) is 13.0. The van der Waals surface area contributed by atoms with E-state index in [2.05, 4.69) is 20.6 Å². The van der Waals surface area contributed by atoms with Crippen LogP contribution < -0.4 is 10.6 Å². The lowest BCUT2D eigenvalue weighted by Gasteiger charge is -2.23. The topological polar surface area (TPSA) is 88.3 Å². The highest BCUT2D eigenvalue weighted by Gasteiger charge is 2.25. The molecule has 0 fully saturated rings. The van der Waals surface area contributed by atoms with Crippen LogP contribution in [0.25, 0.3) is 0 Å². The van der Waals surface area contributed by atoms with Gasteiger partial charge in [-0.05, 0) is 0 Å². The van der Waals surface area contributed by atoms with E-state index in [4.69, 9.17) is 9.47 Å². The van der Waals surface area contributed by atoms with Crippen molar-refractivity contribution in [3.8, 4) is 0 Å². The molecule has 0 radical (unpaired) electrons. The molecule has 0 saturated heterocycles. The molecule has 2 heterocycles. The average Bonchev–Trinajstić information content (AvgIpc) is 2.86. The van der Waals surface area contributed by atoms with E-state index < -0.39 is 6.29 Å². The smallest absolute Gasteiger partial charge is 0.237 e. The fourth-order valence-electron chi connectivity index (χ4n) is 1.92. The first-order valence-electron chi connectivity index (χ1n) is 5.82. The molecule has 0 aliphatic carbocycles. The number of aromatic amines is 1. The second-order valence-corrected chi connectivity index (χ2v) is 4.11. The Balaban J connectivity index is 1.84. The highest BCUT2D eigenvalue weighted by Crippen LogP contribution is 2.11. The number of hydrogen-bond acceptors (Lipinski definition) is 5. The van der Waals surface area contributed by atoms with Gasteiger partial charge in [-0.2, -0.15) is 0 Å². The number of hydrogen-bond donors (Lipinski definition) is 3. The van der Waals surface area contributed by atoms with Crippen molar-refractivity contribution in [2.75, 3.05) is 20.8 Å². The third-order valence-corrected chi connectivity index (χ3v) is 3.02. The van der Waals surface area contributed by atoms with Crippen LogP contribution in [-0.2, 0) is 27.2 Å². The molecule has 7 nitrogen and oxygen atoms in total. The van der Waals surface area contributed by atoms with E-state index in [1.807, 2.05) is 0 Å². The van der Waals surface area contributed by atoms with Crippen molar-refractivity contribution < 1.29 is 14.3 Å². The molecule has 1 atom stereocenters. The first-order valence-corrected chi connectivity index (χ1v) is 5.82. The molecule has 2 rings (SSSR count). The van der Waals surface area contributed by atoms with Gasteiger partial charge in [0.25, 0.3) is 0 Å². The number of rotatable bonds is 5. The predicted octanol–water partition coefficient (Wildman–Crippen LogP) is -0.841. The maximum atomic E-state index is 11.9. The summed E-state index contributed by atoms with van der Waals surface area (Å²) in [6.45, 7) is 0.961. The van der Waals surface area contributed by atoms with Crippen LogP contribution in [0.15, 0.2) is 6.33 Å². The highest BCUT2D eigenvalue weighted by molar-refractivity contribution is 5.82. The number of nitrogens with one attached hydrogen (secondary N) is 3. The molecular formula is C11H18N4O3. The minimum atomic E-state index is -0.418. The summed E-state index contributed by atoms with van der Waals surface area (Å²) in [6.07, 6.45) is 1.83. The fraction of sp³-hybridized carbons (Fsp3) is 0.636. The number of nitrogens with zero attached hydrogens (tertiary/aromatic N) is 1. The van der Waals surface area contributed by atoms with Gasteiger partial charge in [-0.3, -0.25) is 10.1 Å². The van der Waals surface area contributed by atoms with Crippen LogP contribution in [-0.4, -0.2) is 49.0 Å². The van der Waals surface area contributed by atoms with Gasteiger partial charge in [0, 0.05) is 27.2 Å². The summed E-state index contributed by atoms with van der Waals surface area (Å²) < 4.78 is 10.0. The minimum absolute atomic E-state index is 0.0669. The number of carbonyl (C=O) groups is 1. The molecule has 1 amide bonds. The first-order chi connectivity index (χ1) is 8.74. The fourth-order valence-corrected chi connectivity index (χ4v) is 1.92. The molecule has 0 spiro atoms. The molecule has 1 aromatic rings. The normalized spacial score (nSPS) is 18.7. The average molecular weight is 254 g/mol. The monoisotopic (exact) mass is 254 g/mol. The number of methoxy groups -OCH3 is 2. The summed E-state index contributed by atoms with van der Waals surface area (Å²) in [7, 11) is 3.07. The molecule has 100 valence electrons. The minimum Gasteiger partial charge on any atom is -0.354 e. The lowest BCUT2D eigenvalue weighted by molar-refractivity contribution is -0.129. The Labute approximate surface area is 105 Å². The lowest BCUT2D eigenvalue weighted by atomic mass is 10.0. The number of fused-ring (bicyclic) bond motifs is 1. The predicted molar refractivity (Wildman–Crippen MR) is 63.7 cm³/mol. The summed E-state index contributed by atoms with van der Waals surface area (Å²) in [4.78, 5) is 19.2. The number of ether oxygens (including phenoxy) is 2. The van der Waals surface area contributed by atoms with Gasteiger partial charge < -0.3 is 19.8 Å². The second kappa shape index (κ2) is 5.94. The van der Waals surface area contributed by atoms with Crippen LogP contribution in [0.1, 0.15) is 11.4 Å². The van der Waals surface area contributed by atoms with Crippen LogP contribution in [0, 0.1) is 0 Å². The lowest BCUT2D eigenvalue weighted by Crippen LogP contribution is -2.49. The van der Waals surface area contributed by atoms with E-state index in [1.54, 1.807) is 6.33 Å². The Bertz CT molecular complexity index is 403. The van der Waals surface area contributed by atoms with Crippen molar-refractivity contribution in [2.24, 2.45) is 0 Å². The van der Waals surface area contributed by atoms with E-state index >= 15 is 0 Å². The molecule has 7 heteroatoms. The Morgan fingerprint density at radius 1 is 1.61 bits per heavy atom. The van der Waals surface area contributed by atoms with E-state index in [0.717, 1.165) is 11.4 Å². The van der Waals surface area contributed by atoms with Crippen molar-refractivity contribution >= 4 is 5.91 Å². The van der Waals surface area contributed by atoms with Crippen molar-refractivity contribution in [1.29, 1.82) is 0 Å². The van der Waals surface area contributed by atoms with Gasteiger partial charge in [-0.1, -0.05) is 0 Å². The molecule has 0 saturated carbocycles. The molecular weight excluding hydrogens is 236 g/mol. The van der Waals surface area contributed by atoms with Crippen molar-refractivity contribution in [2.45, 2.75) is 25.3 Å². The van der Waals surface area contributed by atoms with Gasteiger partial charge in [-0.15, -0.1) is 0 Å². The molecule has 1 aliphatic heterocycles. The van der Waals surface area contributed by atoms with E-state index in [-0.39, 0.29) is 11.9 Å². The largest absolute Gasteiger partial charge is 0.354 e. The standard InChI is InChI=1S/C11H18N4O3/c1-17-10(18-2)5-13-11(16)8-3-7-9(4-12-8)15-6-14-7/h6,8,10,12H,3-5H2,1-2H3,(H,13,16)(H,14,15). The molecule has 1 unspecified atom stereocenters. The third-order valence-electron chi connectivity index (χ3n) is 3.02. The molecule has 3 N–H and O–H groups in total. The maximum Gasteiger partial charge on any atom is 0.237 e. The van der Waals surface area contributed by atoms with E-state index in [9.17, 15) is 4.79 Å². The van der Waals surface area contributed by atoms with Crippen LogP contribution in [0.2, 0.25) is 0 Å². The Hall–Kier alpha value is -1.44. The molecule has 0 bridgehead atoms. The number of aromatic nitrogens is 2. The number of carbonyl (C=O) groups excluding carboxylic acids is 1. The van der Waals surface area contributed by atoms with Crippen LogP contribution in [0.5, 0.6) is 0 Å². The molecule has 1 aromatic heterocycles. The van der Waals surface area contributed by atoms with Gasteiger partial charge in [0.2, 0.25) is 5.91 Å². The molecule has 1 aliphatic rings. The summed E-state index contributed by atoms with van der Waals surface area (Å²) in [5, 5.41) is 5.94. The van der Waals surface area contributed by atoms with Gasteiger partial charge in [0.1, 0.15) is 0 Å². The van der Waals surface area contributed by atoms with Gasteiger partial charge in [0.05, 0.1) is 30.3 Å². The van der Waals surface area contributed by atoms with Crippen LogP contribution in [0.4, 0.5) is 0 Å². The van der Waals surface area contributed by atoms with Crippen LogP contribution in [0.3, 0.4) is 0 Å². The number of H-pyrrole nitrogens is 1. The number of amides is 1. The molecule has 18 heavy (non-hydrogen) atoms. The first kappa shape index (κ1) is 13.0.